The van der Waals surface area contributed by atoms with Crippen molar-refractivity contribution in [3.63, 3.8) is 0 Å². The number of hydrogen-bond acceptors (Lipinski definition) is 6. The van der Waals surface area contributed by atoms with E-state index in [9.17, 15) is 4.79 Å². The first-order valence-corrected chi connectivity index (χ1v) is 13.7. The van der Waals surface area contributed by atoms with Crippen LogP contribution < -0.4 is 10.6 Å². The zero-order valence-electron chi connectivity index (χ0n) is 22.4. The van der Waals surface area contributed by atoms with Gasteiger partial charge in [0.2, 0.25) is 0 Å². The molecule has 1 amide bonds. The first-order valence-electron chi connectivity index (χ1n) is 13.7. The number of amides is 1. The Kier molecular flexibility index (Phi) is 7.89. The molecule has 39 heavy (non-hydrogen) atoms. The van der Waals surface area contributed by atoms with Crippen LogP contribution in [-0.2, 0) is 0 Å². The number of rotatable bonds is 5. The number of carbonyl (C=O) groups excluding carboxylic acids is 1. The molecule has 1 aromatic carbocycles. The van der Waals surface area contributed by atoms with Gasteiger partial charge in [-0.15, -0.1) is 12.4 Å². The number of nitriles is 1. The van der Waals surface area contributed by atoms with Crippen molar-refractivity contribution in [3.8, 4) is 6.07 Å². The Bertz CT molecular complexity index is 1520. The molecule has 204 valence electrons. The van der Waals surface area contributed by atoms with Gasteiger partial charge in [0.15, 0.2) is 0 Å². The zero-order chi connectivity index (χ0) is 26.2. The molecule has 4 heterocycles. The minimum absolute atomic E-state index is 0. The zero-order valence-corrected chi connectivity index (χ0v) is 23.2. The van der Waals surface area contributed by atoms with Gasteiger partial charge in [-0.05, 0) is 67.5 Å². The minimum atomic E-state index is -0.234. The van der Waals surface area contributed by atoms with Crippen molar-refractivity contribution in [2.75, 3.05) is 31.5 Å². The number of carbonyl (C=O) groups is 1. The molecule has 9 nitrogen and oxygen atoms in total. The quantitative estimate of drug-likeness (QED) is 0.375. The Labute approximate surface area is 234 Å². The van der Waals surface area contributed by atoms with Gasteiger partial charge in [-0.3, -0.25) is 14.4 Å². The van der Waals surface area contributed by atoms with Gasteiger partial charge in [-0.25, -0.2) is 4.52 Å². The third-order valence-corrected chi connectivity index (χ3v) is 8.13. The summed E-state index contributed by atoms with van der Waals surface area (Å²) in [5, 5.41) is 26.0. The normalized spacial score (nSPS) is 20.2. The van der Waals surface area contributed by atoms with E-state index in [4.69, 9.17) is 10.4 Å². The summed E-state index contributed by atoms with van der Waals surface area (Å²) in [6.45, 7) is 8.76. The highest BCUT2D eigenvalue weighted by Crippen LogP contribution is 2.34. The second kappa shape index (κ2) is 11.3. The van der Waals surface area contributed by atoms with E-state index in [1.807, 2.05) is 0 Å². The fourth-order valence-electron chi connectivity index (χ4n) is 6.03. The van der Waals surface area contributed by atoms with Crippen LogP contribution in [0.4, 0.5) is 5.69 Å². The van der Waals surface area contributed by atoms with Crippen molar-refractivity contribution < 1.29 is 4.79 Å². The molecule has 3 aromatic heterocycles. The molecule has 2 aliphatic rings. The van der Waals surface area contributed by atoms with Gasteiger partial charge in [-0.1, -0.05) is 13.8 Å². The van der Waals surface area contributed by atoms with Crippen molar-refractivity contribution in [2.24, 2.45) is 0 Å². The van der Waals surface area contributed by atoms with E-state index in [0.717, 1.165) is 61.2 Å². The topological polar surface area (TPSA) is 103 Å². The second-order valence-electron chi connectivity index (χ2n) is 10.9. The summed E-state index contributed by atoms with van der Waals surface area (Å²) in [5.74, 6) is -0.0169. The van der Waals surface area contributed by atoms with Crippen molar-refractivity contribution in [1.82, 2.24) is 29.6 Å². The molecule has 2 fully saturated rings. The SMILES string of the molecule is CC(C)c1cc2nn(C3CCC(N4CCNCC4)CC3)cc2cc1NC(=O)c1ccc2cc(C#N)cnn12.Cl. The van der Waals surface area contributed by atoms with Gasteiger partial charge in [0.05, 0.1) is 28.8 Å². The number of anilines is 1. The molecule has 6 rings (SSSR count). The lowest BCUT2D eigenvalue weighted by Gasteiger charge is -2.39. The van der Waals surface area contributed by atoms with Crippen molar-refractivity contribution in [1.29, 1.82) is 5.26 Å². The maximum absolute atomic E-state index is 13.3. The van der Waals surface area contributed by atoms with E-state index in [1.54, 1.807) is 22.7 Å². The molecule has 1 aliphatic heterocycles. The molecular formula is C29H35ClN8O. The van der Waals surface area contributed by atoms with E-state index in [2.05, 4.69) is 63.6 Å². The standard InChI is InChI=1S/C29H34N8O.ClH/c1-19(2)25-15-26-21(18-36(34-26)23-5-3-22(4-6-23)35-11-9-31-10-12-35)14-27(25)33-29(38)28-8-7-24-13-20(16-30)17-32-37(24)28;/h7-8,13-15,17-19,22-23,31H,3-6,9-12H2,1-2H3,(H,33,38);1H. The number of benzene rings is 1. The van der Waals surface area contributed by atoms with E-state index in [1.165, 1.54) is 19.0 Å². The second-order valence-corrected chi connectivity index (χ2v) is 10.9. The maximum atomic E-state index is 13.3. The molecular weight excluding hydrogens is 512 g/mol. The third kappa shape index (κ3) is 5.37. The van der Waals surface area contributed by atoms with Gasteiger partial charge in [0, 0.05) is 49.5 Å². The predicted molar refractivity (Wildman–Crippen MR) is 155 cm³/mol. The Hall–Kier alpha value is -3.45. The summed E-state index contributed by atoms with van der Waals surface area (Å²) >= 11 is 0. The van der Waals surface area contributed by atoms with Crippen LogP contribution in [0.15, 0.2) is 42.7 Å². The van der Waals surface area contributed by atoms with Gasteiger partial charge < -0.3 is 10.6 Å². The van der Waals surface area contributed by atoms with Gasteiger partial charge >= 0.3 is 0 Å². The van der Waals surface area contributed by atoms with Crippen LogP contribution in [0.2, 0.25) is 0 Å². The fraction of sp³-hybridized carbons (Fsp3) is 0.448. The first-order chi connectivity index (χ1) is 18.5. The fourth-order valence-corrected chi connectivity index (χ4v) is 6.03. The first kappa shape index (κ1) is 27.1. The van der Waals surface area contributed by atoms with Crippen LogP contribution in [0.25, 0.3) is 16.4 Å². The summed E-state index contributed by atoms with van der Waals surface area (Å²) in [6, 6.07) is 12.6. The third-order valence-electron chi connectivity index (χ3n) is 8.13. The number of piperazine rings is 1. The molecule has 1 aliphatic carbocycles. The van der Waals surface area contributed by atoms with E-state index in [0.29, 0.717) is 28.9 Å². The molecule has 4 aromatic rings. The summed E-state index contributed by atoms with van der Waals surface area (Å²) in [6.07, 6.45) is 8.34. The minimum Gasteiger partial charge on any atom is -0.320 e. The maximum Gasteiger partial charge on any atom is 0.274 e. The molecule has 2 N–H and O–H groups in total. The summed E-state index contributed by atoms with van der Waals surface area (Å²) in [7, 11) is 0. The molecule has 0 atom stereocenters. The highest BCUT2D eigenvalue weighted by atomic mass is 35.5. The highest BCUT2D eigenvalue weighted by Gasteiger charge is 2.28. The van der Waals surface area contributed by atoms with E-state index >= 15 is 0 Å². The lowest BCUT2D eigenvalue weighted by atomic mass is 9.90. The number of nitrogens with one attached hydrogen (secondary N) is 2. The summed E-state index contributed by atoms with van der Waals surface area (Å²) in [5.41, 5.74) is 4.42. The molecule has 0 unspecified atom stereocenters. The van der Waals surface area contributed by atoms with Crippen molar-refractivity contribution in [2.45, 2.75) is 57.5 Å². The van der Waals surface area contributed by atoms with Crippen LogP contribution in [0.3, 0.4) is 0 Å². The van der Waals surface area contributed by atoms with Crippen LogP contribution in [0.5, 0.6) is 0 Å². The van der Waals surface area contributed by atoms with Crippen molar-refractivity contribution >= 4 is 40.4 Å². The Morgan fingerprint density at radius 3 is 2.56 bits per heavy atom. The lowest BCUT2D eigenvalue weighted by molar-refractivity contribution is 0.102. The number of halogens is 1. The smallest absolute Gasteiger partial charge is 0.274 e. The molecule has 1 saturated heterocycles. The average Bonchev–Trinajstić information content (AvgIpc) is 3.56. The average molecular weight is 547 g/mol. The lowest BCUT2D eigenvalue weighted by Crippen LogP contribution is -2.49. The number of hydrogen-bond donors (Lipinski definition) is 2. The number of nitrogens with zero attached hydrogens (tertiary/aromatic N) is 6. The summed E-state index contributed by atoms with van der Waals surface area (Å²) in [4.78, 5) is 16.0. The van der Waals surface area contributed by atoms with E-state index < -0.39 is 0 Å². The van der Waals surface area contributed by atoms with Gasteiger partial charge in [0.25, 0.3) is 5.91 Å². The molecule has 10 heteroatoms. The highest BCUT2D eigenvalue weighted by molar-refractivity contribution is 6.05. The molecule has 0 radical (unpaired) electrons. The molecule has 1 saturated carbocycles. The monoisotopic (exact) mass is 546 g/mol. The Balaban J connectivity index is 0.00000308. The molecule has 0 bridgehead atoms. The van der Waals surface area contributed by atoms with Crippen molar-refractivity contribution in [3.05, 3.63) is 59.5 Å². The number of aromatic nitrogens is 4. The van der Waals surface area contributed by atoms with Gasteiger partial charge in [-0.2, -0.15) is 15.5 Å². The van der Waals surface area contributed by atoms with Crippen LogP contribution in [0.1, 0.15) is 73.1 Å². The van der Waals surface area contributed by atoms with Crippen LogP contribution in [0, 0.1) is 11.3 Å². The predicted octanol–water partition coefficient (Wildman–Crippen LogP) is 4.74. The van der Waals surface area contributed by atoms with Gasteiger partial charge in [0.1, 0.15) is 11.8 Å². The van der Waals surface area contributed by atoms with Crippen LogP contribution >= 0.6 is 12.4 Å². The largest absolute Gasteiger partial charge is 0.320 e. The Morgan fingerprint density at radius 1 is 1.10 bits per heavy atom. The van der Waals surface area contributed by atoms with Crippen LogP contribution in [-0.4, -0.2) is 62.4 Å². The Morgan fingerprint density at radius 2 is 1.85 bits per heavy atom. The van der Waals surface area contributed by atoms with E-state index in [-0.39, 0.29) is 24.2 Å². The molecule has 0 spiro atoms. The number of fused-ring (bicyclic) bond motifs is 2. The summed E-state index contributed by atoms with van der Waals surface area (Å²) < 4.78 is 3.73.